The molecule has 146 valence electrons. The van der Waals surface area contributed by atoms with E-state index in [1.165, 1.54) is 0 Å². The molecule has 0 saturated heterocycles. The first-order chi connectivity index (χ1) is 12.0. The average Bonchev–Trinajstić information content (AvgIpc) is 2.76. The minimum absolute atomic E-state index is 0.0757. The molecular formula is C21H32O5. The lowest BCUT2D eigenvalue weighted by Gasteiger charge is -2.33. The van der Waals surface area contributed by atoms with Crippen LogP contribution in [0.25, 0.3) is 0 Å². The van der Waals surface area contributed by atoms with Crippen LogP contribution in [-0.4, -0.2) is 38.6 Å². The van der Waals surface area contributed by atoms with Gasteiger partial charge in [0.1, 0.15) is 11.3 Å². The van der Waals surface area contributed by atoms with Gasteiger partial charge in [-0.05, 0) is 47.0 Å². The number of rotatable bonds is 8. The fourth-order valence-electron chi connectivity index (χ4n) is 3.08. The Morgan fingerprint density at radius 2 is 1.73 bits per heavy atom. The summed E-state index contributed by atoms with van der Waals surface area (Å²) < 4.78 is 0. The normalized spacial score (nSPS) is 25.1. The Labute approximate surface area is 156 Å². The van der Waals surface area contributed by atoms with E-state index in [-0.39, 0.29) is 18.4 Å². The quantitative estimate of drug-likeness (QED) is 0.453. The maximum absolute atomic E-state index is 12.9. The van der Waals surface area contributed by atoms with Crippen molar-refractivity contribution in [3.8, 4) is 0 Å². The van der Waals surface area contributed by atoms with Crippen LogP contribution in [0.3, 0.4) is 0 Å². The van der Waals surface area contributed by atoms with Gasteiger partial charge in [0.05, 0.1) is 12.0 Å². The number of ketones is 2. The summed E-state index contributed by atoms with van der Waals surface area (Å²) in [5, 5.41) is 32.4. The summed E-state index contributed by atoms with van der Waals surface area (Å²) >= 11 is 0. The first-order valence-corrected chi connectivity index (χ1v) is 9.17. The molecule has 1 unspecified atom stereocenters. The van der Waals surface area contributed by atoms with E-state index in [4.69, 9.17) is 0 Å². The maximum Gasteiger partial charge on any atom is 0.176 e. The van der Waals surface area contributed by atoms with Crippen LogP contribution in [0, 0.1) is 11.8 Å². The summed E-state index contributed by atoms with van der Waals surface area (Å²) in [6, 6.07) is 0. The fourth-order valence-corrected chi connectivity index (χ4v) is 3.08. The average molecular weight is 364 g/mol. The number of carbonyl (C=O) groups excluding carboxylic acids is 2. The van der Waals surface area contributed by atoms with Crippen molar-refractivity contribution in [3.63, 3.8) is 0 Å². The van der Waals surface area contributed by atoms with E-state index in [1.807, 2.05) is 34.6 Å². The number of hydrogen-bond acceptors (Lipinski definition) is 5. The molecule has 0 spiro atoms. The van der Waals surface area contributed by atoms with Crippen molar-refractivity contribution >= 4 is 11.6 Å². The molecule has 0 aliphatic heterocycles. The first kappa shape index (κ1) is 22.3. The predicted molar refractivity (Wildman–Crippen MR) is 102 cm³/mol. The predicted octanol–water partition coefficient (Wildman–Crippen LogP) is 3.42. The molecule has 0 heterocycles. The first-order valence-electron chi connectivity index (χ1n) is 9.17. The van der Waals surface area contributed by atoms with Crippen molar-refractivity contribution < 1.29 is 24.9 Å². The van der Waals surface area contributed by atoms with Crippen molar-refractivity contribution in [1.29, 1.82) is 0 Å². The van der Waals surface area contributed by atoms with Crippen LogP contribution in [-0.2, 0) is 9.59 Å². The van der Waals surface area contributed by atoms with E-state index in [9.17, 15) is 24.9 Å². The fraction of sp³-hybridized carbons (Fsp3) is 0.619. The molecule has 0 saturated carbocycles. The third-order valence-electron chi connectivity index (χ3n) is 5.04. The number of aliphatic hydroxyl groups is 3. The van der Waals surface area contributed by atoms with Gasteiger partial charge in [-0.25, -0.2) is 0 Å². The van der Waals surface area contributed by atoms with Crippen molar-refractivity contribution in [2.75, 3.05) is 0 Å². The number of hydrogen-bond donors (Lipinski definition) is 3. The maximum atomic E-state index is 12.9. The number of aliphatic hydroxyl groups excluding tert-OH is 2. The van der Waals surface area contributed by atoms with Crippen LogP contribution in [0.5, 0.6) is 0 Å². The second-order valence-electron chi connectivity index (χ2n) is 7.69. The van der Waals surface area contributed by atoms with Crippen LogP contribution in [0.2, 0.25) is 0 Å². The molecular weight excluding hydrogens is 332 g/mol. The molecule has 0 fully saturated rings. The van der Waals surface area contributed by atoms with Gasteiger partial charge in [0, 0.05) is 5.92 Å². The Morgan fingerprint density at radius 1 is 1.19 bits per heavy atom. The summed E-state index contributed by atoms with van der Waals surface area (Å²) in [6.07, 6.45) is 2.84. The minimum Gasteiger partial charge on any atom is -0.508 e. The third kappa shape index (κ3) is 4.33. The van der Waals surface area contributed by atoms with Crippen molar-refractivity contribution in [2.45, 2.75) is 72.5 Å². The van der Waals surface area contributed by atoms with Gasteiger partial charge in [-0.1, -0.05) is 37.1 Å². The Bertz CT molecular complexity index is 647. The Balaban J connectivity index is 3.43. The van der Waals surface area contributed by atoms with Gasteiger partial charge in [-0.2, -0.15) is 0 Å². The second-order valence-corrected chi connectivity index (χ2v) is 7.69. The van der Waals surface area contributed by atoms with Gasteiger partial charge < -0.3 is 15.3 Å². The van der Waals surface area contributed by atoms with Gasteiger partial charge in [0.25, 0.3) is 0 Å². The Morgan fingerprint density at radius 3 is 2.19 bits per heavy atom. The Kier molecular flexibility index (Phi) is 7.54. The Hall–Kier alpha value is -1.72. The zero-order valence-electron chi connectivity index (χ0n) is 16.7. The van der Waals surface area contributed by atoms with E-state index in [0.29, 0.717) is 6.42 Å². The smallest absolute Gasteiger partial charge is 0.176 e. The van der Waals surface area contributed by atoms with Gasteiger partial charge in [-0.15, -0.1) is 0 Å². The van der Waals surface area contributed by atoms with Crippen LogP contribution in [0.15, 0.2) is 34.6 Å². The van der Waals surface area contributed by atoms with Crippen LogP contribution in [0.4, 0.5) is 0 Å². The van der Waals surface area contributed by atoms with Gasteiger partial charge in [-0.3, -0.25) is 9.59 Å². The van der Waals surface area contributed by atoms with E-state index in [0.717, 1.165) is 11.1 Å². The third-order valence-corrected chi connectivity index (χ3v) is 5.04. The molecule has 1 aliphatic rings. The largest absolute Gasteiger partial charge is 0.508 e. The van der Waals surface area contributed by atoms with Crippen LogP contribution < -0.4 is 0 Å². The molecule has 3 N–H and O–H groups in total. The van der Waals surface area contributed by atoms with E-state index in [1.54, 1.807) is 19.1 Å². The number of carbonyl (C=O) groups is 2. The molecule has 5 heteroatoms. The van der Waals surface area contributed by atoms with Gasteiger partial charge in [0.15, 0.2) is 17.2 Å². The van der Waals surface area contributed by atoms with Crippen molar-refractivity contribution in [2.24, 2.45) is 11.8 Å². The standard InChI is InChI=1S/C21H32O5/c1-7-14(6)18(23)17-19(24)15(10-8-12(2)3)21(26,20(17)25)16(22)11-9-13(4)5/h8-9,14-16,22,25-26H,7,10-11H2,1-6H3/t14?,15-,16+,21-/m0/s1. The summed E-state index contributed by atoms with van der Waals surface area (Å²) in [5.41, 5.74) is -0.629. The number of Topliss-reactive ketones (excluding diaryl/α,β-unsaturated/α-hetero) is 2. The molecule has 0 bridgehead atoms. The highest BCUT2D eigenvalue weighted by molar-refractivity contribution is 6.24. The highest BCUT2D eigenvalue weighted by atomic mass is 16.4. The monoisotopic (exact) mass is 364 g/mol. The molecule has 0 aromatic heterocycles. The highest BCUT2D eigenvalue weighted by Gasteiger charge is 2.58. The molecule has 4 atom stereocenters. The minimum atomic E-state index is -2.16. The molecule has 26 heavy (non-hydrogen) atoms. The molecule has 1 aliphatic carbocycles. The van der Waals surface area contributed by atoms with Crippen LogP contribution >= 0.6 is 0 Å². The topological polar surface area (TPSA) is 94.8 Å². The lowest BCUT2D eigenvalue weighted by molar-refractivity contribution is -0.134. The second kappa shape index (κ2) is 8.78. The van der Waals surface area contributed by atoms with Crippen molar-refractivity contribution in [1.82, 2.24) is 0 Å². The van der Waals surface area contributed by atoms with E-state index >= 15 is 0 Å². The SMILES string of the molecule is CCC(C)C(=O)C1=C(O)[C@@](O)([C@H](O)CC=C(C)C)[C@@H](CC=C(C)C)C1=O. The molecule has 5 nitrogen and oxygen atoms in total. The van der Waals surface area contributed by atoms with E-state index in [2.05, 4.69) is 0 Å². The molecule has 0 radical (unpaired) electrons. The van der Waals surface area contributed by atoms with Gasteiger partial charge in [0.2, 0.25) is 0 Å². The highest BCUT2D eigenvalue weighted by Crippen LogP contribution is 2.43. The molecule has 0 aromatic carbocycles. The lowest BCUT2D eigenvalue weighted by Crippen LogP contribution is -2.49. The molecule has 0 amide bonds. The molecule has 1 rings (SSSR count). The van der Waals surface area contributed by atoms with Crippen LogP contribution in [0.1, 0.15) is 60.8 Å². The molecule has 0 aromatic rings. The zero-order chi connectivity index (χ0) is 20.2. The summed E-state index contributed by atoms with van der Waals surface area (Å²) in [5.74, 6) is -3.29. The van der Waals surface area contributed by atoms with E-state index < -0.39 is 40.9 Å². The zero-order valence-corrected chi connectivity index (χ0v) is 16.7. The lowest BCUT2D eigenvalue weighted by atomic mass is 9.80. The summed E-state index contributed by atoms with van der Waals surface area (Å²) in [4.78, 5) is 25.5. The van der Waals surface area contributed by atoms with Crippen molar-refractivity contribution in [3.05, 3.63) is 34.6 Å². The summed E-state index contributed by atoms with van der Waals surface area (Å²) in [6.45, 7) is 10.9. The summed E-state index contributed by atoms with van der Waals surface area (Å²) in [7, 11) is 0. The van der Waals surface area contributed by atoms with Gasteiger partial charge >= 0.3 is 0 Å². The number of allylic oxidation sites excluding steroid dienone is 4.